The van der Waals surface area contributed by atoms with Gasteiger partial charge in [0.25, 0.3) is 0 Å². The first-order valence-electron chi connectivity index (χ1n) is 8.38. The van der Waals surface area contributed by atoms with Crippen molar-refractivity contribution in [3.8, 4) is 0 Å². The first kappa shape index (κ1) is 23.3. The number of benzene rings is 1. The molecule has 0 aliphatic carbocycles. The molecule has 7 nitrogen and oxygen atoms in total. The fourth-order valence-electron chi connectivity index (χ4n) is 2.18. The van der Waals surface area contributed by atoms with E-state index < -0.39 is 53.8 Å². The van der Waals surface area contributed by atoms with Gasteiger partial charge in [0.05, 0.1) is 18.0 Å². The number of nitrogens with one attached hydrogen (secondary N) is 2. The van der Waals surface area contributed by atoms with Crippen LogP contribution in [0.4, 0.5) is 18.0 Å². The van der Waals surface area contributed by atoms with Crippen LogP contribution in [0.25, 0.3) is 0 Å². The molecule has 156 valence electrons. The van der Waals surface area contributed by atoms with Crippen LogP contribution in [0.1, 0.15) is 51.3 Å². The second-order valence-electron chi connectivity index (χ2n) is 7.15. The van der Waals surface area contributed by atoms with Crippen molar-refractivity contribution in [1.82, 2.24) is 10.6 Å². The zero-order chi connectivity index (χ0) is 21.7. The molecule has 0 heterocycles. The van der Waals surface area contributed by atoms with Gasteiger partial charge in [-0.3, -0.25) is 9.59 Å². The van der Waals surface area contributed by atoms with Gasteiger partial charge in [0.15, 0.2) is 0 Å². The van der Waals surface area contributed by atoms with Crippen molar-refractivity contribution in [3.05, 3.63) is 35.4 Å². The molecular weight excluding hydrogens is 381 g/mol. The van der Waals surface area contributed by atoms with E-state index in [2.05, 4.69) is 10.6 Å². The number of alkyl halides is 3. The van der Waals surface area contributed by atoms with Crippen LogP contribution in [0.3, 0.4) is 0 Å². The maximum Gasteiger partial charge on any atom is 0.416 e. The van der Waals surface area contributed by atoms with E-state index in [1.807, 2.05) is 0 Å². The van der Waals surface area contributed by atoms with Crippen LogP contribution in [0.5, 0.6) is 0 Å². The quantitative estimate of drug-likeness (QED) is 0.675. The largest absolute Gasteiger partial charge is 0.480 e. The number of carbonyl (C=O) groups excluding carboxylic acids is 2. The first-order valence-corrected chi connectivity index (χ1v) is 8.38. The molecule has 28 heavy (non-hydrogen) atoms. The lowest BCUT2D eigenvalue weighted by atomic mass is 10.0. The van der Waals surface area contributed by atoms with E-state index in [4.69, 9.17) is 9.84 Å². The fraction of sp³-hybridized carbons (Fsp3) is 0.500. The summed E-state index contributed by atoms with van der Waals surface area (Å²) in [6.45, 7) is 6.05. The number of carbonyl (C=O) groups is 3. The van der Waals surface area contributed by atoms with Gasteiger partial charge >= 0.3 is 18.2 Å². The number of hydrogen-bond acceptors (Lipinski definition) is 4. The molecule has 2 amide bonds. The van der Waals surface area contributed by atoms with Crippen molar-refractivity contribution in [3.63, 3.8) is 0 Å². The van der Waals surface area contributed by atoms with Crippen LogP contribution < -0.4 is 10.6 Å². The van der Waals surface area contributed by atoms with E-state index in [0.717, 1.165) is 18.2 Å². The SMILES string of the molecule is CC(NC(=O)CC(NC(=O)OC(C)(C)C)c1cccc(C(F)(F)F)c1)C(=O)O. The predicted octanol–water partition coefficient (Wildman–Crippen LogP) is 3.25. The number of halogens is 3. The van der Waals surface area contributed by atoms with Gasteiger partial charge in [-0.25, -0.2) is 4.79 Å². The van der Waals surface area contributed by atoms with Gasteiger partial charge in [-0.05, 0) is 45.4 Å². The lowest BCUT2D eigenvalue weighted by Crippen LogP contribution is -2.41. The minimum atomic E-state index is -4.60. The maximum absolute atomic E-state index is 13.0. The van der Waals surface area contributed by atoms with E-state index in [0.29, 0.717) is 0 Å². The summed E-state index contributed by atoms with van der Waals surface area (Å²) >= 11 is 0. The zero-order valence-corrected chi connectivity index (χ0v) is 15.9. The molecule has 2 atom stereocenters. The van der Waals surface area contributed by atoms with E-state index in [1.165, 1.54) is 13.0 Å². The second-order valence-corrected chi connectivity index (χ2v) is 7.15. The van der Waals surface area contributed by atoms with Gasteiger partial charge in [-0.1, -0.05) is 12.1 Å². The molecule has 0 bridgehead atoms. The van der Waals surface area contributed by atoms with Crippen LogP contribution in [0.15, 0.2) is 24.3 Å². The Morgan fingerprint density at radius 2 is 1.75 bits per heavy atom. The monoisotopic (exact) mass is 404 g/mol. The van der Waals surface area contributed by atoms with Gasteiger partial charge in [-0.15, -0.1) is 0 Å². The van der Waals surface area contributed by atoms with Crippen molar-refractivity contribution >= 4 is 18.0 Å². The molecule has 1 aromatic rings. The Balaban J connectivity index is 3.09. The Kier molecular flexibility index (Phi) is 7.43. The van der Waals surface area contributed by atoms with E-state index >= 15 is 0 Å². The summed E-state index contributed by atoms with van der Waals surface area (Å²) in [6.07, 6.45) is -6.00. The molecule has 0 aliphatic heterocycles. The molecule has 10 heteroatoms. The summed E-state index contributed by atoms with van der Waals surface area (Å²) in [6, 6.07) is 1.80. The summed E-state index contributed by atoms with van der Waals surface area (Å²) < 4.78 is 44.0. The second kappa shape index (κ2) is 8.94. The van der Waals surface area contributed by atoms with Gasteiger partial charge in [0, 0.05) is 0 Å². The molecule has 0 spiro atoms. The lowest BCUT2D eigenvalue weighted by Gasteiger charge is -2.24. The molecule has 0 saturated heterocycles. The highest BCUT2D eigenvalue weighted by Crippen LogP contribution is 2.31. The number of alkyl carbamates (subject to hydrolysis) is 1. The molecule has 1 rings (SSSR count). The van der Waals surface area contributed by atoms with Crippen LogP contribution in [0, 0.1) is 0 Å². The molecule has 1 aromatic carbocycles. The topological polar surface area (TPSA) is 105 Å². The number of carboxylic acids is 1. The smallest absolute Gasteiger partial charge is 0.416 e. The summed E-state index contributed by atoms with van der Waals surface area (Å²) in [4.78, 5) is 35.0. The van der Waals surface area contributed by atoms with Gasteiger partial charge in [0.2, 0.25) is 5.91 Å². The maximum atomic E-state index is 13.0. The van der Waals surface area contributed by atoms with E-state index in [9.17, 15) is 27.6 Å². The Morgan fingerprint density at radius 3 is 2.25 bits per heavy atom. The summed E-state index contributed by atoms with van der Waals surface area (Å²) in [7, 11) is 0. The number of aliphatic carboxylic acids is 1. The Labute approximate surface area is 160 Å². The lowest BCUT2D eigenvalue weighted by molar-refractivity contribution is -0.141. The fourth-order valence-corrected chi connectivity index (χ4v) is 2.18. The van der Waals surface area contributed by atoms with Crippen molar-refractivity contribution in [2.45, 2.75) is 58.0 Å². The van der Waals surface area contributed by atoms with Crippen molar-refractivity contribution in [2.75, 3.05) is 0 Å². The van der Waals surface area contributed by atoms with Crippen LogP contribution in [0.2, 0.25) is 0 Å². The van der Waals surface area contributed by atoms with Crippen molar-refractivity contribution < 1.29 is 37.4 Å². The highest BCUT2D eigenvalue weighted by Gasteiger charge is 2.32. The number of carboxylic acid groups (broad SMARTS) is 1. The normalized spacial score (nSPS) is 14.0. The third kappa shape index (κ3) is 7.85. The third-order valence-electron chi connectivity index (χ3n) is 3.44. The Morgan fingerprint density at radius 1 is 1.14 bits per heavy atom. The summed E-state index contributed by atoms with van der Waals surface area (Å²) in [5.41, 5.74) is -1.78. The van der Waals surface area contributed by atoms with Crippen molar-refractivity contribution in [1.29, 1.82) is 0 Å². The zero-order valence-electron chi connectivity index (χ0n) is 15.9. The average Bonchev–Trinajstić information content (AvgIpc) is 2.51. The Hall–Kier alpha value is -2.78. The van der Waals surface area contributed by atoms with Crippen LogP contribution in [-0.4, -0.2) is 34.7 Å². The molecule has 0 saturated carbocycles. The molecular formula is C18H23F3N2O5. The summed E-state index contributed by atoms with van der Waals surface area (Å²) in [5.74, 6) is -2.03. The molecule has 0 aliphatic rings. The first-order chi connectivity index (χ1) is 12.7. The van der Waals surface area contributed by atoms with Gasteiger partial charge in [-0.2, -0.15) is 13.2 Å². The number of ether oxygens (including phenoxy) is 1. The molecule has 0 fully saturated rings. The van der Waals surface area contributed by atoms with Crippen LogP contribution in [-0.2, 0) is 20.5 Å². The molecule has 3 N–H and O–H groups in total. The van der Waals surface area contributed by atoms with E-state index in [-0.39, 0.29) is 5.56 Å². The number of hydrogen-bond donors (Lipinski definition) is 3. The molecule has 2 unspecified atom stereocenters. The standard InChI is InChI=1S/C18H23F3N2O5/c1-10(15(25)26)22-14(24)9-13(23-16(27)28-17(2,3)4)11-6-5-7-12(8-11)18(19,20)21/h5-8,10,13H,9H2,1-4H3,(H,22,24)(H,23,27)(H,25,26). The predicted molar refractivity (Wildman–Crippen MR) is 93.4 cm³/mol. The number of rotatable bonds is 6. The average molecular weight is 404 g/mol. The van der Waals surface area contributed by atoms with Crippen molar-refractivity contribution in [2.24, 2.45) is 0 Å². The van der Waals surface area contributed by atoms with Gasteiger partial charge in [0.1, 0.15) is 11.6 Å². The summed E-state index contributed by atoms with van der Waals surface area (Å²) in [5, 5.41) is 13.4. The number of amides is 2. The van der Waals surface area contributed by atoms with Gasteiger partial charge < -0.3 is 20.5 Å². The Bertz CT molecular complexity index is 729. The highest BCUT2D eigenvalue weighted by molar-refractivity contribution is 5.84. The van der Waals surface area contributed by atoms with E-state index in [1.54, 1.807) is 20.8 Å². The highest BCUT2D eigenvalue weighted by atomic mass is 19.4. The third-order valence-corrected chi connectivity index (χ3v) is 3.44. The molecule has 0 aromatic heterocycles. The minimum absolute atomic E-state index is 0.0267. The van der Waals surface area contributed by atoms with Crippen LogP contribution >= 0.6 is 0 Å². The molecule has 0 radical (unpaired) electrons. The minimum Gasteiger partial charge on any atom is -0.480 e.